The van der Waals surface area contributed by atoms with Crippen molar-refractivity contribution in [1.82, 2.24) is 15.2 Å². The highest BCUT2D eigenvalue weighted by molar-refractivity contribution is 8.00. The highest BCUT2D eigenvalue weighted by Crippen LogP contribution is 2.38. The van der Waals surface area contributed by atoms with E-state index in [2.05, 4.69) is 20.5 Å². The fourth-order valence-corrected chi connectivity index (χ4v) is 4.50. The molecule has 3 aromatic heterocycles. The maximum atomic E-state index is 12.9. The number of nitrogens with zero attached hydrogens (tertiary/aromatic N) is 3. The molecule has 0 amide bonds. The van der Waals surface area contributed by atoms with Crippen LogP contribution in [0.4, 0.5) is 24.9 Å². The summed E-state index contributed by atoms with van der Waals surface area (Å²) in [6, 6.07) is 10.6. The van der Waals surface area contributed by atoms with Crippen molar-refractivity contribution in [2.45, 2.75) is 16.1 Å². The molecular weight excluding hydrogens is 421 g/mol. The van der Waals surface area contributed by atoms with Crippen LogP contribution in [-0.2, 0) is 11.9 Å². The highest BCUT2D eigenvalue weighted by atomic mass is 32.2. The fourth-order valence-electron chi connectivity index (χ4n) is 2.47. The summed E-state index contributed by atoms with van der Waals surface area (Å²) in [7, 11) is 0. The SMILES string of the molecule is FC(F)(F)c1cccc(Nc2nnc(-c3ccsc3SCc3ccncc3)o2)c1. The first-order valence-electron chi connectivity index (χ1n) is 8.36. The molecule has 0 spiro atoms. The molecule has 0 radical (unpaired) electrons. The minimum Gasteiger partial charge on any atom is -0.403 e. The van der Waals surface area contributed by atoms with E-state index in [1.807, 2.05) is 23.6 Å². The summed E-state index contributed by atoms with van der Waals surface area (Å²) in [5, 5.41) is 12.6. The van der Waals surface area contributed by atoms with E-state index in [1.165, 1.54) is 12.1 Å². The van der Waals surface area contributed by atoms with Crippen LogP contribution in [0.2, 0.25) is 0 Å². The maximum absolute atomic E-state index is 12.9. The number of benzene rings is 1. The van der Waals surface area contributed by atoms with E-state index in [9.17, 15) is 13.2 Å². The summed E-state index contributed by atoms with van der Waals surface area (Å²) in [6.45, 7) is 0. The summed E-state index contributed by atoms with van der Waals surface area (Å²) in [4.78, 5) is 4.00. The first kappa shape index (κ1) is 19.5. The Bertz CT molecular complexity index is 1100. The Kier molecular flexibility index (Phi) is 5.54. The largest absolute Gasteiger partial charge is 0.416 e. The topological polar surface area (TPSA) is 63.8 Å². The molecule has 0 saturated heterocycles. The average molecular weight is 434 g/mol. The second-order valence-electron chi connectivity index (χ2n) is 5.88. The smallest absolute Gasteiger partial charge is 0.403 e. The molecule has 5 nitrogen and oxygen atoms in total. The first-order valence-corrected chi connectivity index (χ1v) is 10.2. The van der Waals surface area contributed by atoms with Gasteiger partial charge in [-0.25, -0.2) is 0 Å². The number of anilines is 2. The van der Waals surface area contributed by atoms with Gasteiger partial charge in [0.25, 0.3) is 5.89 Å². The summed E-state index contributed by atoms with van der Waals surface area (Å²) in [5.41, 5.74) is 1.39. The molecule has 3 heterocycles. The maximum Gasteiger partial charge on any atom is 0.416 e. The van der Waals surface area contributed by atoms with E-state index in [0.717, 1.165) is 33.2 Å². The van der Waals surface area contributed by atoms with Crippen LogP contribution in [0.5, 0.6) is 0 Å². The van der Waals surface area contributed by atoms with Crippen LogP contribution in [-0.4, -0.2) is 15.2 Å². The predicted molar refractivity (Wildman–Crippen MR) is 106 cm³/mol. The van der Waals surface area contributed by atoms with Crippen molar-refractivity contribution in [1.29, 1.82) is 0 Å². The molecule has 10 heteroatoms. The van der Waals surface area contributed by atoms with Gasteiger partial charge in [0.2, 0.25) is 0 Å². The van der Waals surface area contributed by atoms with Crippen LogP contribution in [0.25, 0.3) is 11.5 Å². The van der Waals surface area contributed by atoms with Crippen LogP contribution in [0.3, 0.4) is 0 Å². The van der Waals surface area contributed by atoms with Crippen molar-refractivity contribution in [2.75, 3.05) is 5.32 Å². The van der Waals surface area contributed by atoms with Crippen molar-refractivity contribution in [3.63, 3.8) is 0 Å². The Hall–Kier alpha value is -2.85. The Labute approximate surface area is 172 Å². The van der Waals surface area contributed by atoms with Gasteiger partial charge in [-0.1, -0.05) is 11.2 Å². The molecule has 0 aliphatic heterocycles. The molecule has 148 valence electrons. The second kappa shape index (κ2) is 8.26. The van der Waals surface area contributed by atoms with Gasteiger partial charge in [-0.15, -0.1) is 28.2 Å². The summed E-state index contributed by atoms with van der Waals surface area (Å²) < 4.78 is 45.2. The number of nitrogens with one attached hydrogen (secondary N) is 1. The van der Waals surface area contributed by atoms with Gasteiger partial charge in [0, 0.05) is 23.8 Å². The summed E-state index contributed by atoms with van der Waals surface area (Å²) in [5.74, 6) is 1.07. The first-order chi connectivity index (χ1) is 14.0. The monoisotopic (exact) mass is 434 g/mol. The van der Waals surface area contributed by atoms with Gasteiger partial charge in [0.15, 0.2) is 0 Å². The van der Waals surface area contributed by atoms with Crippen LogP contribution >= 0.6 is 23.1 Å². The third kappa shape index (κ3) is 4.77. The van der Waals surface area contributed by atoms with Crippen molar-refractivity contribution in [3.05, 3.63) is 71.4 Å². The lowest BCUT2D eigenvalue weighted by atomic mass is 10.2. The van der Waals surface area contributed by atoms with Crippen LogP contribution in [0.15, 0.2) is 68.9 Å². The zero-order valence-corrected chi connectivity index (χ0v) is 16.3. The number of aromatic nitrogens is 3. The number of hydrogen-bond acceptors (Lipinski definition) is 7. The molecule has 0 aliphatic carbocycles. The zero-order chi connectivity index (χ0) is 20.3. The predicted octanol–water partition coefficient (Wildman–Crippen LogP) is 6.25. The molecule has 0 atom stereocenters. The van der Waals surface area contributed by atoms with Crippen LogP contribution < -0.4 is 5.32 Å². The lowest BCUT2D eigenvalue weighted by Crippen LogP contribution is -2.05. The fraction of sp³-hybridized carbons (Fsp3) is 0.105. The highest BCUT2D eigenvalue weighted by Gasteiger charge is 2.30. The molecule has 0 fully saturated rings. The van der Waals surface area contributed by atoms with Crippen molar-refractivity contribution < 1.29 is 17.6 Å². The Balaban J connectivity index is 1.48. The van der Waals surface area contributed by atoms with Gasteiger partial charge >= 0.3 is 12.2 Å². The van der Waals surface area contributed by atoms with E-state index < -0.39 is 11.7 Å². The number of thiophene rings is 1. The Morgan fingerprint density at radius 3 is 2.69 bits per heavy atom. The van der Waals surface area contributed by atoms with Gasteiger partial charge < -0.3 is 9.73 Å². The minimum absolute atomic E-state index is 0.0237. The van der Waals surface area contributed by atoms with Gasteiger partial charge in [-0.3, -0.25) is 4.98 Å². The minimum atomic E-state index is -4.42. The molecule has 29 heavy (non-hydrogen) atoms. The molecule has 4 rings (SSSR count). The summed E-state index contributed by atoms with van der Waals surface area (Å²) in [6.07, 6.45) is -0.931. The standard InChI is InChI=1S/C19H13F3N4OS2/c20-19(21,22)13-2-1-3-14(10-13)24-18-26-25-16(27-18)15-6-9-28-17(15)29-11-12-4-7-23-8-5-12/h1-10H,11H2,(H,24,26). The van der Waals surface area contributed by atoms with Crippen LogP contribution in [0, 0.1) is 0 Å². The number of thioether (sulfide) groups is 1. The van der Waals surface area contributed by atoms with Gasteiger partial charge in [-0.2, -0.15) is 13.2 Å². The molecule has 0 bridgehead atoms. The van der Waals surface area contributed by atoms with E-state index in [4.69, 9.17) is 4.42 Å². The van der Waals surface area contributed by atoms with Gasteiger partial charge in [0.05, 0.1) is 15.3 Å². The second-order valence-corrected chi connectivity index (χ2v) is 8.04. The van der Waals surface area contributed by atoms with E-state index in [-0.39, 0.29) is 11.7 Å². The van der Waals surface area contributed by atoms with Crippen molar-refractivity contribution in [2.24, 2.45) is 0 Å². The van der Waals surface area contributed by atoms with E-state index >= 15 is 0 Å². The van der Waals surface area contributed by atoms with Gasteiger partial charge in [0.1, 0.15) is 0 Å². The molecular formula is C19H13F3N4OS2. The van der Waals surface area contributed by atoms with Crippen molar-refractivity contribution >= 4 is 34.8 Å². The third-order valence-electron chi connectivity index (χ3n) is 3.85. The molecule has 4 aromatic rings. The number of rotatable bonds is 6. The average Bonchev–Trinajstić information content (AvgIpc) is 3.36. The van der Waals surface area contributed by atoms with Crippen molar-refractivity contribution in [3.8, 4) is 11.5 Å². The molecule has 0 unspecified atom stereocenters. The number of halogens is 3. The molecule has 0 saturated carbocycles. The number of alkyl halides is 3. The van der Waals surface area contributed by atoms with E-state index in [0.29, 0.717) is 5.89 Å². The third-order valence-corrected chi connectivity index (χ3v) is 6.15. The number of hydrogen-bond donors (Lipinski definition) is 1. The summed E-state index contributed by atoms with van der Waals surface area (Å²) >= 11 is 3.19. The normalized spacial score (nSPS) is 11.6. The van der Waals surface area contributed by atoms with E-state index in [1.54, 1.807) is 35.5 Å². The number of pyridine rings is 1. The Morgan fingerprint density at radius 1 is 1.07 bits per heavy atom. The lowest BCUT2D eigenvalue weighted by molar-refractivity contribution is -0.137. The lowest BCUT2D eigenvalue weighted by Gasteiger charge is -2.08. The molecule has 1 N–H and O–H groups in total. The zero-order valence-electron chi connectivity index (χ0n) is 14.7. The quantitative estimate of drug-likeness (QED) is 0.362. The van der Waals surface area contributed by atoms with Crippen LogP contribution in [0.1, 0.15) is 11.1 Å². The van der Waals surface area contributed by atoms with Gasteiger partial charge in [-0.05, 0) is 47.3 Å². The molecule has 1 aromatic carbocycles. The molecule has 0 aliphatic rings. The Morgan fingerprint density at radius 2 is 1.90 bits per heavy atom.